The summed E-state index contributed by atoms with van der Waals surface area (Å²) in [5, 5.41) is 4.92. The molecule has 2 unspecified atom stereocenters. The molecule has 0 amide bonds. The summed E-state index contributed by atoms with van der Waals surface area (Å²) in [5.74, 6) is -3.31. The predicted octanol–water partition coefficient (Wildman–Crippen LogP) is -15.9. The first-order valence-corrected chi connectivity index (χ1v) is 33.5. The summed E-state index contributed by atoms with van der Waals surface area (Å²) in [7, 11) is -32.6. The molecule has 34 nitrogen and oxygen atoms in total. The number of halogens is 2. The molecule has 0 fully saturated rings. The molecule has 8 N–H and O–H groups in total. The van der Waals surface area contributed by atoms with Crippen LogP contribution in [0, 0.1) is 0 Å². The van der Waals surface area contributed by atoms with Crippen molar-refractivity contribution in [3.8, 4) is 0 Å². The average Bonchev–Trinajstić information content (AvgIpc) is 0.755. The number of aromatic amines is 2. The van der Waals surface area contributed by atoms with Crippen LogP contribution in [-0.4, -0.2) is 131 Å². The van der Waals surface area contributed by atoms with E-state index in [1.807, 2.05) is 0 Å². The number of aromatic nitrogens is 6. The molecule has 6 aromatic carbocycles. The molecule has 0 saturated carbocycles. The van der Waals surface area contributed by atoms with Gasteiger partial charge in [0.1, 0.15) is 72.8 Å². The van der Waals surface area contributed by atoms with Crippen molar-refractivity contribution in [2.24, 2.45) is 9.98 Å². The number of benzene rings is 6. The van der Waals surface area contributed by atoms with Crippen LogP contribution >= 0.6 is 23.2 Å². The Kier molecular flexibility index (Phi) is 29.9. The maximum Gasteiger partial charge on any atom is 1.00 e. The third-order valence-corrected chi connectivity index (χ3v) is 18.4. The van der Waals surface area contributed by atoms with E-state index in [-0.39, 0.29) is 206 Å². The van der Waals surface area contributed by atoms with Crippen LogP contribution in [-0.2, 0) is 60.7 Å². The third kappa shape index (κ3) is 20.1. The molecule has 2 aliphatic carbocycles. The SMILES string of the molecule is O=C1c2c(cc(S(=O)(=O)[O-])cc2N=c2nc(Nc3ccc(Nc4nc(Cl)[nH]c(=Nc5cc(S(=O)(=O)[O-])cc6c5C(=O)C(NNc5ccc7ccccc7c5S(=O)(=O)[O-])C(S(=O)(=O)[O-])=C6)n4)cc3)nc(Cl)[nH]2)C=C(S(=O)(=O)[O-])C1NNc1ccccc1S(=O)(=O)[O-].[Na+].[Na+].[Na+].[Na+].[Na+].[Na+]. The van der Waals surface area contributed by atoms with Gasteiger partial charge in [-0.15, -0.1) is 0 Å². The molecule has 96 heavy (non-hydrogen) atoms. The minimum absolute atomic E-state index is 0. The third-order valence-electron chi connectivity index (χ3n) is 12.7. The number of nitrogens with one attached hydrogen (secondary N) is 8. The molecular formula is C48H30Cl2N14Na6O20S6. The van der Waals surface area contributed by atoms with Crippen molar-refractivity contribution in [1.82, 2.24) is 40.8 Å². The predicted molar refractivity (Wildman–Crippen MR) is 306 cm³/mol. The number of anilines is 6. The van der Waals surface area contributed by atoms with Gasteiger partial charge in [0.05, 0.1) is 63.3 Å². The fourth-order valence-corrected chi connectivity index (χ4v) is 13.3. The van der Waals surface area contributed by atoms with E-state index in [1.54, 1.807) is 6.07 Å². The molecule has 0 aliphatic heterocycles. The molecule has 2 atom stereocenters. The van der Waals surface area contributed by atoms with Crippen LogP contribution in [0.5, 0.6) is 0 Å². The number of carbonyl (C=O) groups is 2. The van der Waals surface area contributed by atoms with E-state index >= 15 is 0 Å². The van der Waals surface area contributed by atoms with Crippen molar-refractivity contribution < 1.29 is 265 Å². The standard InChI is InChI=1S/C48H36Cl2N14O20S6.6Na/c49-43-55-45(59-47(57-43)53-31-19-26(85(67,68)69)15-22-17-34(88(76,77)78)38(40(65)36(22)31)63-61-29-7-3-4-8-33(29)87(73,74)75)51-24-10-12-25(13-11-24)52-46-56-44(50)58-48(60-46)54-32-20-27(86(70,71)72)16-23-18-35(89(79,80)81)39(41(66)37(23)32)64-62-30-14-9-21-5-1-2-6-28(21)42(30)90(82,83)84;;;;;;/h1-20,38-39,61-64H,(H,67,68,69)(H,70,71,72)(H,73,74,75)(H,76,77,78)(H,79,80,81)(H,82,83,84)(H2,51,53,55,57,59)(H2,52,54,56,58,60);;;;;;/q;6*+1/p-6. The molecule has 2 heterocycles. The van der Waals surface area contributed by atoms with Crippen molar-refractivity contribution in [2.75, 3.05) is 21.5 Å². The monoisotopic (exact) mass is 1520 g/mol. The number of hydrazine groups is 2. The van der Waals surface area contributed by atoms with Crippen molar-refractivity contribution in [2.45, 2.75) is 31.7 Å². The number of carbonyl (C=O) groups excluding carboxylic acids is 2. The Morgan fingerprint density at radius 1 is 0.448 bits per heavy atom. The normalized spacial score (nSPS) is 15.0. The fourth-order valence-electron chi connectivity index (χ4n) is 8.97. The van der Waals surface area contributed by atoms with Gasteiger partial charge in [0, 0.05) is 16.8 Å². The molecule has 2 aromatic heterocycles. The number of hydrogen-bond donors (Lipinski definition) is 8. The summed E-state index contributed by atoms with van der Waals surface area (Å²) in [5.41, 5.74) is 3.61. The molecule has 468 valence electrons. The van der Waals surface area contributed by atoms with E-state index in [1.165, 1.54) is 60.7 Å². The minimum Gasteiger partial charge on any atom is -0.744 e. The maximum absolute atomic E-state index is 14.4. The number of rotatable bonds is 18. The average molecular weight is 1520 g/mol. The molecule has 48 heteroatoms. The maximum atomic E-state index is 14.4. The van der Waals surface area contributed by atoms with Crippen molar-refractivity contribution >= 4 is 164 Å². The van der Waals surface area contributed by atoms with Gasteiger partial charge < -0.3 is 48.8 Å². The molecule has 0 radical (unpaired) electrons. The molecule has 10 rings (SSSR count). The Bertz CT molecular complexity index is 5400. The summed E-state index contributed by atoms with van der Waals surface area (Å²) in [4.78, 5) is 52.0. The van der Waals surface area contributed by atoms with Gasteiger partial charge in [-0.25, -0.2) is 71.3 Å². The number of ketones is 2. The Balaban J connectivity index is 0.00000327. The molecular weight excluding hydrogens is 1490 g/mol. The van der Waals surface area contributed by atoms with Crippen molar-refractivity contribution in [3.05, 3.63) is 163 Å². The van der Waals surface area contributed by atoms with Crippen LogP contribution in [0.3, 0.4) is 0 Å². The quantitative estimate of drug-likeness (QED) is 0.0225. The minimum atomic E-state index is -5.65. The number of para-hydroxylation sites is 1. The summed E-state index contributed by atoms with van der Waals surface area (Å²) < 4.78 is 223. The zero-order valence-corrected chi connectivity index (χ0v) is 68.2. The first kappa shape index (κ1) is 85.6. The number of nitrogens with zero attached hydrogens (tertiary/aromatic N) is 6. The van der Waals surface area contributed by atoms with Gasteiger partial charge >= 0.3 is 177 Å². The number of fused-ring (bicyclic) bond motifs is 3. The van der Waals surface area contributed by atoms with E-state index in [9.17, 15) is 87.4 Å². The van der Waals surface area contributed by atoms with E-state index in [0.717, 1.165) is 18.2 Å². The first-order valence-electron chi connectivity index (χ1n) is 24.3. The van der Waals surface area contributed by atoms with Gasteiger partial charge in [0.25, 0.3) is 0 Å². The zero-order valence-electron chi connectivity index (χ0n) is 49.8. The number of H-pyrrole nitrogens is 2. The molecule has 8 aromatic rings. The van der Waals surface area contributed by atoms with Crippen LogP contribution in [0.15, 0.2) is 149 Å². The van der Waals surface area contributed by atoms with Gasteiger partial charge in [-0.1, -0.05) is 42.5 Å². The Labute approximate surface area is 686 Å². The van der Waals surface area contributed by atoms with E-state index in [4.69, 9.17) is 23.2 Å². The second kappa shape index (κ2) is 33.5. The van der Waals surface area contributed by atoms with Crippen LogP contribution in [0.25, 0.3) is 22.9 Å². The Morgan fingerprint density at radius 3 is 1.26 bits per heavy atom. The molecule has 0 saturated heterocycles. The number of Topliss-reactive ketones (excluding diaryl/α,β-unsaturated/α-hetero) is 2. The molecule has 0 spiro atoms. The fraction of sp³-hybridized carbons (Fsp3) is 0.0417. The second-order valence-corrected chi connectivity index (χ2v) is 27.4. The van der Waals surface area contributed by atoms with Crippen LogP contribution in [0.4, 0.5) is 46.0 Å². The smallest absolute Gasteiger partial charge is 0.744 e. The molecule has 0 bridgehead atoms. The van der Waals surface area contributed by atoms with Crippen LogP contribution < -0.4 is 221 Å². The number of hydrogen-bond acceptors (Lipinski definition) is 32. The zero-order chi connectivity index (χ0) is 65.2. The largest absolute Gasteiger partial charge is 1.00 e. The topological polar surface area (TPSA) is 557 Å². The molecule has 2 aliphatic rings. The van der Waals surface area contributed by atoms with Gasteiger partial charge in [0.2, 0.25) is 33.7 Å². The summed E-state index contributed by atoms with van der Waals surface area (Å²) in [6.07, 6.45) is 1.15. The van der Waals surface area contributed by atoms with Gasteiger partial charge in [-0.2, -0.15) is 19.9 Å². The van der Waals surface area contributed by atoms with Crippen molar-refractivity contribution in [1.29, 1.82) is 0 Å². The van der Waals surface area contributed by atoms with Gasteiger partial charge in [0.15, 0.2) is 11.6 Å². The van der Waals surface area contributed by atoms with Gasteiger partial charge in [-0.3, -0.25) is 19.6 Å². The Morgan fingerprint density at radius 2 is 0.854 bits per heavy atom. The van der Waals surface area contributed by atoms with E-state index < -0.39 is 181 Å². The van der Waals surface area contributed by atoms with Gasteiger partial charge in [-0.05, 0) is 119 Å². The van der Waals surface area contributed by atoms with Crippen molar-refractivity contribution in [3.63, 3.8) is 0 Å². The first-order chi connectivity index (χ1) is 42.0. The van der Waals surface area contributed by atoms with Crippen LogP contribution in [0.2, 0.25) is 10.6 Å². The summed E-state index contributed by atoms with van der Waals surface area (Å²) >= 11 is 12.6. The second-order valence-electron chi connectivity index (χ2n) is 18.5. The Hall–Kier alpha value is -2.82. The summed E-state index contributed by atoms with van der Waals surface area (Å²) in [6, 6.07) is 16.3. The summed E-state index contributed by atoms with van der Waals surface area (Å²) in [6.45, 7) is 0. The van der Waals surface area contributed by atoms with E-state index in [0.29, 0.717) is 41.8 Å². The van der Waals surface area contributed by atoms with Crippen LogP contribution in [0.1, 0.15) is 31.8 Å². The van der Waals surface area contributed by atoms with E-state index in [2.05, 4.69) is 72.2 Å².